The number of hydrogen-bond donors (Lipinski definition) is 0. The SMILES string of the molecule is C=CC1(C)CCC2(C)C(CCC3(C)C(=C)C(=O)C(CC(=O)C4(C)C=C5CCC6C(C)(C)CCCC6(C)C5CC4)=CC32)C1. The third-order valence-corrected chi connectivity index (χ3v) is 15.1. The number of hydrogen-bond acceptors (Lipinski definition) is 2. The molecule has 2 nitrogen and oxygen atoms in total. The molecule has 4 fully saturated rings. The van der Waals surface area contributed by atoms with Gasteiger partial charge in [0.2, 0.25) is 0 Å². The minimum absolute atomic E-state index is 0.0540. The molecule has 6 aliphatic rings. The Labute approximate surface area is 257 Å². The summed E-state index contributed by atoms with van der Waals surface area (Å²) in [6.07, 6.45) is 21.1. The van der Waals surface area contributed by atoms with Crippen molar-refractivity contribution in [1.82, 2.24) is 0 Å². The Hall–Kier alpha value is -1.70. The van der Waals surface area contributed by atoms with Crippen LogP contribution in [0.15, 0.2) is 48.1 Å². The molecule has 6 aliphatic carbocycles. The molecule has 4 saturated carbocycles. The molecule has 0 heterocycles. The lowest BCUT2D eigenvalue weighted by atomic mass is 9.43. The molecule has 230 valence electrons. The van der Waals surface area contributed by atoms with Gasteiger partial charge in [-0.1, -0.05) is 78.3 Å². The van der Waals surface area contributed by atoms with E-state index in [4.69, 9.17) is 0 Å². The van der Waals surface area contributed by atoms with Crippen LogP contribution in [0.3, 0.4) is 0 Å². The lowest BCUT2D eigenvalue weighted by Gasteiger charge is -2.61. The number of fused-ring (bicyclic) bond motifs is 6. The Balaban J connectivity index is 1.27. The van der Waals surface area contributed by atoms with Gasteiger partial charge in [-0.2, -0.15) is 0 Å². The predicted octanol–water partition coefficient (Wildman–Crippen LogP) is 10.4. The minimum Gasteiger partial charge on any atom is -0.298 e. The first-order chi connectivity index (χ1) is 19.5. The molecule has 0 aliphatic heterocycles. The van der Waals surface area contributed by atoms with Crippen LogP contribution in [0.2, 0.25) is 0 Å². The molecular formula is C40H58O2. The van der Waals surface area contributed by atoms with Gasteiger partial charge in [-0.3, -0.25) is 9.59 Å². The van der Waals surface area contributed by atoms with E-state index in [-0.39, 0.29) is 40.2 Å². The van der Waals surface area contributed by atoms with Gasteiger partial charge in [0.1, 0.15) is 5.78 Å². The molecule has 0 amide bonds. The summed E-state index contributed by atoms with van der Waals surface area (Å²) in [5.41, 5.74) is 3.45. The van der Waals surface area contributed by atoms with E-state index in [0.29, 0.717) is 22.7 Å². The van der Waals surface area contributed by atoms with Crippen LogP contribution in [0.25, 0.3) is 0 Å². The van der Waals surface area contributed by atoms with E-state index in [0.717, 1.165) is 62.0 Å². The summed E-state index contributed by atoms with van der Waals surface area (Å²) < 4.78 is 0. The summed E-state index contributed by atoms with van der Waals surface area (Å²) in [4.78, 5) is 28.1. The molecule has 0 aromatic heterocycles. The van der Waals surface area contributed by atoms with Crippen LogP contribution in [0, 0.1) is 56.2 Å². The molecule has 9 unspecified atom stereocenters. The first-order valence-corrected chi connectivity index (χ1v) is 17.3. The fourth-order valence-corrected chi connectivity index (χ4v) is 12.0. The van der Waals surface area contributed by atoms with Crippen molar-refractivity contribution in [2.75, 3.05) is 0 Å². The van der Waals surface area contributed by atoms with Gasteiger partial charge in [-0.15, -0.1) is 6.58 Å². The summed E-state index contributed by atoms with van der Waals surface area (Å²) in [6, 6.07) is 0. The minimum atomic E-state index is -0.474. The highest BCUT2D eigenvalue weighted by atomic mass is 16.1. The smallest absolute Gasteiger partial charge is 0.185 e. The molecule has 0 saturated heterocycles. The van der Waals surface area contributed by atoms with Crippen molar-refractivity contribution in [3.05, 3.63) is 48.1 Å². The quantitative estimate of drug-likeness (QED) is 0.249. The molecule has 9 atom stereocenters. The summed E-state index contributed by atoms with van der Waals surface area (Å²) >= 11 is 0. The van der Waals surface area contributed by atoms with Gasteiger partial charge in [-0.25, -0.2) is 0 Å². The summed E-state index contributed by atoms with van der Waals surface area (Å²) in [5.74, 6) is 2.55. The van der Waals surface area contributed by atoms with E-state index in [1.165, 1.54) is 32.1 Å². The zero-order valence-corrected chi connectivity index (χ0v) is 28.0. The largest absolute Gasteiger partial charge is 0.298 e. The zero-order valence-electron chi connectivity index (χ0n) is 28.0. The van der Waals surface area contributed by atoms with Gasteiger partial charge in [0.25, 0.3) is 0 Å². The van der Waals surface area contributed by atoms with Crippen molar-refractivity contribution >= 4 is 11.6 Å². The molecule has 0 N–H and O–H groups in total. The average Bonchev–Trinajstić information content (AvgIpc) is 2.93. The second-order valence-corrected chi connectivity index (χ2v) is 18.0. The molecule has 0 spiro atoms. The number of Topliss-reactive ketones (excluding diaryl/α,β-unsaturated/α-hetero) is 2. The number of ketones is 2. The summed E-state index contributed by atoms with van der Waals surface area (Å²) in [6.45, 7) is 25.4. The fraction of sp³-hybridized carbons (Fsp3) is 0.750. The van der Waals surface area contributed by atoms with Crippen LogP contribution < -0.4 is 0 Å². The maximum atomic E-state index is 14.2. The fourth-order valence-electron chi connectivity index (χ4n) is 12.0. The maximum absolute atomic E-state index is 14.2. The van der Waals surface area contributed by atoms with Gasteiger partial charge in [0, 0.05) is 22.8 Å². The molecule has 0 radical (unpaired) electrons. The second kappa shape index (κ2) is 9.65. The molecule has 0 bridgehead atoms. The number of rotatable bonds is 4. The first kappa shape index (κ1) is 30.3. The number of carbonyl (C=O) groups excluding carboxylic acids is 2. The second-order valence-electron chi connectivity index (χ2n) is 18.0. The number of carbonyl (C=O) groups is 2. The molecular weight excluding hydrogens is 512 g/mol. The topological polar surface area (TPSA) is 34.1 Å². The normalized spacial score (nSPS) is 48.1. The highest BCUT2D eigenvalue weighted by Gasteiger charge is 2.59. The van der Waals surface area contributed by atoms with E-state index >= 15 is 0 Å². The van der Waals surface area contributed by atoms with Crippen molar-refractivity contribution in [2.24, 2.45) is 56.2 Å². The number of allylic oxidation sites excluding steroid dienone is 6. The van der Waals surface area contributed by atoms with Gasteiger partial charge in [-0.05, 0) is 128 Å². The molecule has 2 heteroatoms. The van der Waals surface area contributed by atoms with Crippen molar-refractivity contribution in [3.8, 4) is 0 Å². The molecule has 6 rings (SSSR count). The van der Waals surface area contributed by atoms with Crippen molar-refractivity contribution in [2.45, 2.75) is 132 Å². The van der Waals surface area contributed by atoms with Crippen molar-refractivity contribution < 1.29 is 9.59 Å². The average molecular weight is 571 g/mol. The lowest BCUT2D eigenvalue weighted by Crippen LogP contribution is -2.54. The van der Waals surface area contributed by atoms with E-state index in [1.807, 2.05) is 0 Å². The van der Waals surface area contributed by atoms with E-state index in [9.17, 15) is 9.59 Å². The van der Waals surface area contributed by atoms with Gasteiger partial charge >= 0.3 is 0 Å². The van der Waals surface area contributed by atoms with Gasteiger partial charge in [0.15, 0.2) is 5.78 Å². The third kappa shape index (κ3) is 4.30. The van der Waals surface area contributed by atoms with E-state index in [2.05, 4.69) is 79.9 Å². The van der Waals surface area contributed by atoms with Gasteiger partial charge < -0.3 is 0 Å². The van der Waals surface area contributed by atoms with Crippen LogP contribution in [0.1, 0.15) is 132 Å². The van der Waals surface area contributed by atoms with Crippen LogP contribution in [-0.2, 0) is 9.59 Å². The van der Waals surface area contributed by atoms with Crippen LogP contribution in [0.5, 0.6) is 0 Å². The Morgan fingerprint density at radius 1 is 0.929 bits per heavy atom. The Morgan fingerprint density at radius 2 is 1.67 bits per heavy atom. The van der Waals surface area contributed by atoms with E-state index in [1.54, 1.807) is 5.57 Å². The lowest BCUT2D eigenvalue weighted by molar-refractivity contribution is -0.128. The first-order valence-electron chi connectivity index (χ1n) is 17.3. The Kier molecular flexibility index (Phi) is 6.97. The Morgan fingerprint density at radius 3 is 2.38 bits per heavy atom. The maximum Gasteiger partial charge on any atom is 0.185 e. The summed E-state index contributed by atoms with van der Waals surface area (Å²) in [5, 5.41) is 0. The van der Waals surface area contributed by atoms with Crippen LogP contribution >= 0.6 is 0 Å². The molecule has 0 aromatic rings. The van der Waals surface area contributed by atoms with Crippen molar-refractivity contribution in [3.63, 3.8) is 0 Å². The standard InChI is InChI=1S/C40H58O2/c1-10-36(5)20-21-39(8)29(25-36)14-19-38(7)26(2)34(42)28(22-32(38)39)23-33(41)37(6)18-15-30-27(24-37)12-13-31-35(3,4)16-11-17-40(30,31)9/h10,22,24,29-32H,1-2,11-21,23,25H2,3-9H3. The molecule has 0 aromatic carbocycles. The highest BCUT2D eigenvalue weighted by molar-refractivity contribution is 6.12. The monoisotopic (exact) mass is 570 g/mol. The zero-order chi connectivity index (χ0) is 30.5. The van der Waals surface area contributed by atoms with Crippen LogP contribution in [0.4, 0.5) is 0 Å². The Bertz CT molecular complexity index is 1280. The van der Waals surface area contributed by atoms with Crippen molar-refractivity contribution in [1.29, 1.82) is 0 Å². The van der Waals surface area contributed by atoms with E-state index < -0.39 is 5.41 Å². The van der Waals surface area contributed by atoms with Gasteiger partial charge in [0.05, 0.1) is 0 Å². The molecule has 42 heavy (non-hydrogen) atoms. The third-order valence-electron chi connectivity index (χ3n) is 15.1. The van der Waals surface area contributed by atoms with Crippen LogP contribution in [-0.4, -0.2) is 11.6 Å². The highest BCUT2D eigenvalue weighted by Crippen LogP contribution is 2.67. The summed E-state index contributed by atoms with van der Waals surface area (Å²) in [7, 11) is 0. The predicted molar refractivity (Wildman–Crippen MR) is 174 cm³/mol.